The minimum Gasteiger partial charge on any atom is -0.393 e. The summed E-state index contributed by atoms with van der Waals surface area (Å²) in [5.41, 5.74) is 6.17. The molecule has 0 saturated carbocycles. The maximum Gasteiger partial charge on any atom is 0.333 e. The Morgan fingerprint density at radius 3 is 2.75 bits per heavy atom. The van der Waals surface area contributed by atoms with Gasteiger partial charge in [-0.25, -0.2) is 19.8 Å². The van der Waals surface area contributed by atoms with E-state index in [0.29, 0.717) is 16.2 Å². The Hall–Kier alpha value is -1.59. The number of nitrogen functional groups attached to an aromatic ring is 1. The lowest BCUT2D eigenvalue weighted by Gasteiger charge is -2.15. The molecule has 0 aliphatic carbocycles. The number of aliphatic hydroxyl groups is 3. The average molecular weight is 436 g/mol. The van der Waals surface area contributed by atoms with E-state index in [9.17, 15) is 23.7 Å². The number of hydrogen-bond acceptors (Lipinski definition) is 12. The lowest BCUT2D eigenvalue weighted by atomic mass is 10.1. The molecule has 13 nitrogen and oxygen atoms in total. The molecule has 1 aliphatic rings. The molecule has 5 atom stereocenters. The van der Waals surface area contributed by atoms with E-state index in [-0.39, 0.29) is 11.5 Å². The number of anilines is 1. The third kappa shape index (κ3) is 4.36. The Kier molecular flexibility index (Phi) is 6.06. The fourth-order valence-electron chi connectivity index (χ4n) is 2.67. The summed E-state index contributed by atoms with van der Waals surface area (Å²) < 4.78 is 33.1. The highest BCUT2D eigenvalue weighted by molar-refractivity contribution is 7.99. The van der Waals surface area contributed by atoms with Crippen molar-refractivity contribution < 1.29 is 32.7 Å². The van der Waals surface area contributed by atoms with E-state index in [1.165, 1.54) is 22.8 Å². The second-order valence-electron chi connectivity index (χ2n) is 6.19. The number of hydrogen-bond donors (Lipinski definition) is 5. The molecule has 3 rings (SSSR count). The van der Waals surface area contributed by atoms with Gasteiger partial charge in [-0.1, -0.05) is 0 Å². The van der Waals surface area contributed by atoms with Crippen molar-refractivity contribution in [2.75, 3.05) is 18.1 Å². The van der Waals surface area contributed by atoms with Crippen LogP contribution in [0.15, 0.2) is 11.4 Å². The molecule has 3 heterocycles. The van der Waals surface area contributed by atoms with Crippen LogP contribution in [0.25, 0.3) is 11.0 Å². The van der Waals surface area contributed by atoms with Gasteiger partial charge in [-0.05, 0) is 6.92 Å². The average Bonchev–Trinajstić information content (AvgIpc) is 3.10. The first-order valence-electron chi connectivity index (χ1n) is 8.06. The molecule has 1 saturated heterocycles. The molecule has 0 amide bonds. The summed E-state index contributed by atoms with van der Waals surface area (Å²) in [6.45, 7) is 1.02. The number of thioether (sulfide) groups is 1. The van der Waals surface area contributed by atoms with E-state index in [4.69, 9.17) is 15.6 Å². The van der Waals surface area contributed by atoms with Crippen LogP contribution in [-0.4, -0.2) is 80.3 Å². The first kappa shape index (κ1) is 21.1. The molecule has 0 unspecified atom stereocenters. The smallest absolute Gasteiger partial charge is 0.333 e. The summed E-state index contributed by atoms with van der Waals surface area (Å²) in [5.74, 6) is 0.466. The van der Waals surface area contributed by atoms with Crippen molar-refractivity contribution in [2.45, 2.75) is 42.6 Å². The molecule has 0 bridgehead atoms. The Morgan fingerprint density at radius 1 is 1.39 bits per heavy atom. The fourth-order valence-corrected chi connectivity index (χ4v) is 3.88. The lowest BCUT2D eigenvalue weighted by Crippen LogP contribution is -2.35. The summed E-state index contributed by atoms with van der Waals surface area (Å²) in [6.07, 6.45) is -4.68. The molecule has 2 aromatic heterocycles. The van der Waals surface area contributed by atoms with Crippen molar-refractivity contribution in [3.05, 3.63) is 6.33 Å². The van der Waals surface area contributed by atoms with Crippen LogP contribution in [0.2, 0.25) is 0 Å². The topological polar surface area (TPSA) is 209 Å². The van der Waals surface area contributed by atoms with Gasteiger partial charge in [-0.15, -0.1) is 11.8 Å². The molecule has 7 N–H and O–H groups in total. The lowest BCUT2D eigenvalue weighted by molar-refractivity contribution is -0.0531. The van der Waals surface area contributed by atoms with Crippen molar-refractivity contribution in [1.29, 1.82) is 0 Å². The maximum absolute atomic E-state index is 11.0. The number of aromatic nitrogens is 4. The van der Waals surface area contributed by atoms with Gasteiger partial charge in [0.1, 0.15) is 35.5 Å². The number of nitrogens with two attached hydrogens (primary N) is 2. The summed E-state index contributed by atoms with van der Waals surface area (Å²) in [6, 6.07) is 0. The van der Waals surface area contributed by atoms with Crippen molar-refractivity contribution in [1.82, 2.24) is 19.7 Å². The normalized spacial score (nSPS) is 26.8. The summed E-state index contributed by atoms with van der Waals surface area (Å²) in [4.78, 5) is 8.04. The molecular formula is C13H20N6O7S2. The van der Waals surface area contributed by atoms with Gasteiger partial charge >= 0.3 is 10.3 Å². The van der Waals surface area contributed by atoms with Crippen LogP contribution in [0.3, 0.4) is 0 Å². The quantitative estimate of drug-likeness (QED) is 0.291. The summed E-state index contributed by atoms with van der Waals surface area (Å²) >= 11 is 1.21. The zero-order valence-corrected chi connectivity index (χ0v) is 16.2. The zero-order chi connectivity index (χ0) is 20.6. The van der Waals surface area contributed by atoms with Gasteiger partial charge < -0.3 is 25.8 Å². The van der Waals surface area contributed by atoms with E-state index < -0.39 is 47.6 Å². The second kappa shape index (κ2) is 8.03. The van der Waals surface area contributed by atoms with Gasteiger partial charge in [0.15, 0.2) is 11.9 Å². The number of aliphatic hydroxyl groups excluding tert-OH is 3. The predicted octanol–water partition coefficient (Wildman–Crippen LogP) is -2.28. The van der Waals surface area contributed by atoms with E-state index in [0.717, 1.165) is 0 Å². The summed E-state index contributed by atoms with van der Waals surface area (Å²) in [5, 5.41) is 40.0. The first-order valence-corrected chi connectivity index (χ1v) is 10.5. The molecule has 28 heavy (non-hydrogen) atoms. The molecule has 156 valence electrons. The SMILES string of the molecule is C[C@H](O)CSc1nn([C@@H]2O[C@H](COS(N)(=O)=O)[C@@H](O)[C@H]2O)c2ncnc(N)c12. The standard InChI is InChI=1S/C13H20N6O7S2/c1-5(20)3-27-12-7-10(14)16-4-17-11(7)19(18-12)13-9(22)8(21)6(26-13)2-25-28(15,23)24/h4-6,8-9,13,20-22H,2-3H2,1H3,(H2,14,16,17)(H2,15,23,24)/t5-,6+,8+,9+,13+/m0/s1. The maximum atomic E-state index is 11.0. The van der Waals surface area contributed by atoms with Gasteiger partial charge in [0.05, 0.1) is 18.1 Å². The monoisotopic (exact) mass is 436 g/mol. The number of rotatable bonds is 7. The van der Waals surface area contributed by atoms with Crippen LogP contribution in [0.4, 0.5) is 5.82 Å². The first-order chi connectivity index (χ1) is 13.1. The largest absolute Gasteiger partial charge is 0.393 e. The minimum absolute atomic E-state index is 0.145. The van der Waals surface area contributed by atoms with Crippen molar-refractivity contribution in [3.8, 4) is 0 Å². The Bertz CT molecular complexity index is 952. The molecule has 2 aromatic rings. The third-order valence-electron chi connectivity index (χ3n) is 3.92. The van der Waals surface area contributed by atoms with E-state index in [2.05, 4.69) is 19.2 Å². The van der Waals surface area contributed by atoms with E-state index >= 15 is 0 Å². The Labute approximate surface area is 163 Å². The summed E-state index contributed by atoms with van der Waals surface area (Å²) in [7, 11) is -4.25. The molecule has 0 radical (unpaired) electrons. The van der Waals surface area contributed by atoms with Crippen LogP contribution < -0.4 is 10.9 Å². The molecule has 1 aliphatic heterocycles. The van der Waals surface area contributed by atoms with Crippen molar-refractivity contribution in [3.63, 3.8) is 0 Å². The van der Waals surface area contributed by atoms with Gasteiger partial charge in [-0.3, -0.25) is 4.18 Å². The second-order valence-corrected chi connectivity index (χ2v) is 8.42. The van der Waals surface area contributed by atoms with Crippen molar-refractivity contribution >= 4 is 38.9 Å². The van der Waals surface area contributed by atoms with Gasteiger partial charge in [0.25, 0.3) is 0 Å². The van der Waals surface area contributed by atoms with Crippen LogP contribution in [-0.2, 0) is 19.2 Å². The highest BCUT2D eigenvalue weighted by Gasteiger charge is 2.45. The third-order valence-corrected chi connectivity index (χ3v) is 5.59. The van der Waals surface area contributed by atoms with Crippen molar-refractivity contribution in [2.24, 2.45) is 5.14 Å². The predicted molar refractivity (Wildman–Crippen MR) is 97.1 cm³/mol. The fraction of sp³-hybridized carbons (Fsp3) is 0.615. The van der Waals surface area contributed by atoms with E-state index in [1.807, 2.05) is 0 Å². The molecule has 0 spiro atoms. The Balaban J connectivity index is 1.93. The van der Waals surface area contributed by atoms with Crippen LogP contribution in [0, 0.1) is 0 Å². The zero-order valence-electron chi connectivity index (χ0n) is 14.6. The number of fused-ring (bicyclic) bond motifs is 1. The molecule has 15 heteroatoms. The van der Waals surface area contributed by atoms with Gasteiger partial charge in [0, 0.05) is 5.75 Å². The number of ether oxygens (including phenoxy) is 1. The van der Waals surface area contributed by atoms with Crippen LogP contribution in [0.5, 0.6) is 0 Å². The molecular weight excluding hydrogens is 416 g/mol. The van der Waals surface area contributed by atoms with Gasteiger partial charge in [0.2, 0.25) is 0 Å². The Morgan fingerprint density at radius 2 is 2.11 bits per heavy atom. The van der Waals surface area contributed by atoms with E-state index in [1.54, 1.807) is 6.92 Å². The van der Waals surface area contributed by atoms with Gasteiger partial charge in [-0.2, -0.15) is 13.5 Å². The number of nitrogens with zero attached hydrogens (tertiary/aromatic N) is 4. The molecule has 0 aromatic carbocycles. The highest BCUT2D eigenvalue weighted by Crippen LogP contribution is 2.36. The minimum atomic E-state index is -4.25. The highest BCUT2D eigenvalue weighted by atomic mass is 32.2. The molecule has 1 fully saturated rings. The van der Waals surface area contributed by atoms with Crippen LogP contribution in [0.1, 0.15) is 13.2 Å². The van der Waals surface area contributed by atoms with Crippen LogP contribution >= 0.6 is 11.8 Å².